The SMILES string of the molecule is COC1=c2[nH]c(NC(=O)c3ccnc(N4CC[C@@](C)(O)C4)c3)nc2=C(c2cnn(C)c2)CC1. The van der Waals surface area contributed by atoms with Gasteiger partial charge in [0.05, 0.1) is 24.3 Å². The molecule has 3 aromatic rings. The van der Waals surface area contributed by atoms with E-state index in [1.807, 2.05) is 31.3 Å². The lowest BCUT2D eigenvalue weighted by Gasteiger charge is -2.20. The second kappa shape index (κ2) is 8.04. The monoisotopic (exact) mass is 449 g/mol. The normalized spacial score (nSPS) is 20.2. The van der Waals surface area contributed by atoms with Crippen LogP contribution in [0, 0.1) is 0 Å². The molecule has 3 N–H and O–H groups in total. The van der Waals surface area contributed by atoms with Gasteiger partial charge in [-0.25, -0.2) is 9.97 Å². The third kappa shape index (κ3) is 4.09. The lowest BCUT2D eigenvalue weighted by molar-refractivity contribution is 0.0839. The zero-order valence-corrected chi connectivity index (χ0v) is 18.9. The van der Waals surface area contributed by atoms with Crippen LogP contribution in [0.15, 0.2) is 30.7 Å². The molecule has 3 aromatic heterocycles. The number of hydrogen-bond donors (Lipinski definition) is 3. The number of aliphatic hydroxyl groups is 1. The van der Waals surface area contributed by atoms with Crippen LogP contribution in [0.1, 0.15) is 42.1 Å². The van der Waals surface area contributed by atoms with E-state index < -0.39 is 5.60 Å². The Hall–Kier alpha value is -3.66. The maximum absolute atomic E-state index is 13.0. The Morgan fingerprint density at radius 3 is 2.91 bits per heavy atom. The highest BCUT2D eigenvalue weighted by Gasteiger charge is 2.32. The van der Waals surface area contributed by atoms with Crippen LogP contribution in [0.4, 0.5) is 11.8 Å². The van der Waals surface area contributed by atoms with Crippen molar-refractivity contribution in [3.05, 3.63) is 52.5 Å². The molecule has 33 heavy (non-hydrogen) atoms. The number of H-pyrrole nitrogens is 1. The zero-order chi connectivity index (χ0) is 23.2. The average Bonchev–Trinajstić information content (AvgIpc) is 3.51. The number of ether oxygens (including phenoxy) is 1. The zero-order valence-electron chi connectivity index (χ0n) is 18.9. The Balaban J connectivity index is 1.45. The van der Waals surface area contributed by atoms with Crippen molar-refractivity contribution in [2.75, 3.05) is 30.4 Å². The fourth-order valence-electron chi connectivity index (χ4n) is 4.45. The van der Waals surface area contributed by atoms with Crippen LogP contribution in [-0.2, 0) is 11.8 Å². The predicted molar refractivity (Wildman–Crippen MR) is 123 cm³/mol. The first-order valence-corrected chi connectivity index (χ1v) is 10.9. The number of nitrogens with zero attached hydrogens (tertiary/aromatic N) is 5. The van der Waals surface area contributed by atoms with Gasteiger partial charge in [0.1, 0.15) is 16.9 Å². The Kier molecular flexibility index (Phi) is 5.16. The van der Waals surface area contributed by atoms with Gasteiger partial charge in [0.25, 0.3) is 5.91 Å². The van der Waals surface area contributed by atoms with Crippen molar-refractivity contribution in [3.63, 3.8) is 0 Å². The van der Waals surface area contributed by atoms with E-state index in [0.717, 1.165) is 40.4 Å². The molecule has 0 spiro atoms. The molecule has 1 aliphatic carbocycles. The summed E-state index contributed by atoms with van der Waals surface area (Å²) in [6.45, 7) is 2.99. The molecule has 4 heterocycles. The molecule has 172 valence electrons. The highest BCUT2D eigenvalue weighted by molar-refractivity contribution is 6.03. The molecule has 10 heteroatoms. The highest BCUT2D eigenvalue weighted by Crippen LogP contribution is 2.25. The minimum Gasteiger partial charge on any atom is -0.499 e. The number of imidazole rings is 1. The highest BCUT2D eigenvalue weighted by atomic mass is 16.5. The minimum atomic E-state index is -0.745. The van der Waals surface area contributed by atoms with Gasteiger partial charge >= 0.3 is 0 Å². The van der Waals surface area contributed by atoms with Crippen LogP contribution < -0.4 is 20.9 Å². The molecule has 0 unspecified atom stereocenters. The van der Waals surface area contributed by atoms with E-state index >= 15 is 0 Å². The van der Waals surface area contributed by atoms with Gasteiger partial charge in [-0.3, -0.25) is 14.8 Å². The number of methoxy groups -OCH3 is 1. The van der Waals surface area contributed by atoms with Gasteiger partial charge in [0, 0.05) is 50.1 Å². The number of fused-ring (bicyclic) bond motifs is 1. The van der Waals surface area contributed by atoms with Crippen molar-refractivity contribution in [1.82, 2.24) is 24.7 Å². The summed E-state index contributed by atoms with van der Waals surface area (Å²) in [5.74, 6) is 1.53. The molecular formula is C23H27N7O3. The van der Waals surface area contributed by atoms with E-state index in [4.69, 9.17) is 4.74 Å². The number of carbonyl (C=O) groups is 1. The van der Waals surface area contributed by atoms with Crippen LogP contribution >= 0.6 is 0 Å². The number of pyridine rings is 1. The van der Waals surface area contributed by atoms with E-state index in [9.17, 15) is 9.90 Å². The number of β-amino-alcohol motifs (C(OH)–C–C–N with tert-alkyl or cyclic N) is 1. The standard InChI is InChI=1S/C23H27N7O3/c1-23(32)7-9-30(13-23)18-10-14(6-8-24-18)21(31)28-22-26-19-16(15-11-25-29(2)12-15)4-5-17(33-3)20(19)27-22/h6,8,10-12,32H,4-5,7,9,13H2,1-3H3,(H2,26,27,28,31)/t23-/m1/s1. The van der Waals surface area contributed by atoms with Gasteiger partial charge in [-0.05, 0) is 37.5 Å². The summed E-state index contributed by atoms with van der Waals surface area (Å²) < 4.78 is 7.32. The molecule has 1 fully saturated rings. The molecule has 10 nitrogen and oxygen atoms in total. The smallest absolute Gasteiger partial charge is 0.258 e. The van der Waals surface area contributed by atoms with E-state index in [1.54, 1.807) is 30.1 Å². The average molecular weight is 450 g/mol. The number of aromatic nitrogens is 5. The van der Waals surface area contributed by atoms with Gasteiger partial charge in [0.2, 0.25) is 5.95 Å². The maximum Gasteiger partial charge on any atom is 0.258 e. The molecule has 0 radical (unpaired) electrons. The third-order valence-corrected chi connectivity index (χ3v) is 6.19. The third-order valence-electron chi connectivity index (χ3n) is 6.19. The Morgan fingerprint density at radius 2 is 2.21 bits per heavy atom. The molecule has 0 bridgehead atoms. The van der Waals surface area contributed by atoms with Gasteiger partial charge in [0.15, 0.2) is 0 Å². The lowest BCUT2D eigenvalue weighted by Crippen LogP contribution is -2.33. The van der Waals surface area contributed by atoms with E-state index in [-0.39, 0.29) is 5.91 Å². The number of nitrogens with one attached hydrogen (secondary N) is 2. The summed E-state index contributed by atoms with van der Waals surface area (Å²) >= 11 is 0. The van der Waals surface area contributed by atoms with Crippen molar-refractivity contribution >= 4 is 29.0 Å². The first-order valence-electron chi connectivity index (χ1n) is 10.9. The first kappa shape index (κ1) is 21.2. The topological polar surface area (TPSA) is 121 Å². The van der Waals surface area contributed by atoms with Crippen LogP contribution in [0.5, 0.6) is 0 Å². The minimum absolute atomic E-state index is 0.294. The van der Waals surface area contributed by atoms with Crippen molar-refractivity contribution in [3.8, 4) is 0 Å². The van der Waals surface area contributed by atoms with Crippen molar-refractivity contribution in [2.45, 2.75) is 31.8 Å². The van der Waals surface area contributed by atoms with Crippen molar-refractivity contribution in [1.29, 1.82) is 0 Å². The van der Waals surface area contributed by atoms with Crippen molar-refractivity contribution in [2.24, 2.45) is 7.05 Å². The molecule has 1 amide bonds. The van der Waals surface area contributed by atoms with Crippen LogP contribution in [0.25, 0.3) is 11.3 Å². The molecule has 2 aliphatic rings. The fraction of sp³-hybridized carbons (Fsp3) is 0.391. The molecule has 1 saturated heterocycles. The lowest BCUT2D eigenvalue weighted by atomic mass is 9.99. The van der Waals surface area contributed by atoms with E-state index in [0.29, 0.717) is 36.8 Å². The number of aromatic amines is 1. The largest absolute Gasteiger partial charge is 0.499 e. The van der Waals surface area contributed by atoms with E-state index in [2.05, 4.69) is 25.4 Å². The molecule has 1 atom stereocenters. The molecule has 0 aromatic carbocycles. The molecule has 5 rings (SSSR count). The fourth-order valence-corrected chi connectivity index (χ4v) is 4.45. The number of anilines is 2. The van der Waals surface area contributed by atoms with Crippen LogP contribution in [-0.4, -0.2) is 61.5 Å². The summed E-state index contributed by atoms with van der Waals surface area (Å²) in [5, 5.41) is 18.9. The summed E-state index contributed by atoms with van der Waals surface area (Å²) in [6.07, 6.45) is 7.55. The summed E-state index contributed by atoms with van der Waals surface area (Å²) in [6, 6.07) is 3.40. The van der Waals surface area contributed by atoms with Gasteiger partial charge < -0.3 is 19.7 Å². The predicted octanol–water partition coefficient (Wildman–Crippen LogP) is 0.499. The Bertz CT molecular complexity index is 1340. The maximum atomic E-state index is 13.0. The summed E-state index contributed by atoms with van der Waals surface area (Å²) in [5.41, 5.74) is 1.78. The second-order valence-corrected chi connectivity index (χ2v) is 8.84. The van der Waals surface area contributed by atoms with Crippen LogP contribution in [0.3, 0.4) is 0 Å². The molecular weight excluding hydrogens is 422 g/mol. The van der Waals surface area contributed by atoms with Crippen LogP contribution in [0.2, 0.25) is 0 Å². The summed E-state index contributed by atoms with van der Waals surface area (Å²) in [4.78, 5) is 27.3. The first-order chi connectivity index (χ1) is 15.8. The number of hydrogen-bond acceptors (Lipinski definition) is 7. The number of carbonyl (C=O) groups excluding carboxylic acids is 1. The Morgan fingerprint density at radius 1 is 1.36 bits per heavy atom. The van der Waals surface area contributed by atoms with Gasteiger partial charge in [-0.15, -0.1) is 0 Å². The number of amides is 1. The van der Waals surface area contributed by atoms with Crippen molar-refractivity contribution < 1.29 is 14.6 Å². The quantitative estimate of drug-likeness (QED) is 0.519. The molecule has 1 aliphatic heterocycles. The number of aryl methyl sites for hydroxylation is 1. The van der Waals surface area contributed by atoms with Gasteiger partial charge in [-0.2, -0.15) is 5.10 Å². The Labute approximate surface area is 190 Å². The number of rotatable bonds is 5. The second-order valence-electron chi connectivity index (χ2n) is 8.84. The van der Waals surface area contributed by atoms with Gasteiger partial charge in [-0.1, -0.05) is 0 Å². The van der Waals surface area contributed by atoms with E-state index in [1.165, 1.54) is 0 Å². The molecule has 0 saturated carbocycles. The summed E-state index contributed by atoms with van der Waals surface area (Å²) in [7, 11) is 3.52.